The molecular weight excluding hydrogens is 361 g/mol. The van der Waals surface area contributed by atoms with Gasteiger partial charge >= 0.3 is 0 Å². The Balaban J connectivity index is 2.98. The van der Waals surface area contributed by atoms with Crippen LogP contribution in [0.3, 0.4) is 0 Å². The van der Waals surface area contributed by atoms with E-state index >= 15 is 0 Å². The average Bonchev–Trinajstić information content (AvgIpc) is 2.24. The van der Waals surface area contributed by atoms with E-state index in [1.807, 2.05) is 6.92 Å². The number of hydrogen-bond acceptors (Lipinski definition) is 2. The standard InChI is InChI=1S/C11H14BrCl2NO2S/c1-8(12)3-4-15(2)18(16,17)11-6-9(13)5-10(14)7-11/h5-8H,3-4H2,1-2H3. The Labute approximate surface area is 126 Å². The Hall–Kier alpha value is 0.190. The molecule has 0 heterocycles. The Kier molecular flexibility index (Phi) is 5.93. The molecule has 3 nitrogen and oxygen atoms in total. The predicted octanol–water partition coefficient (Wildman–Crippen LogP) is 3.79. The van der Waals surface area contributed by atoms with Crippen LogP contribution in [0.25, 0.3) is 0 Å². The van der Waals surface area contributed by atoms with Gasteiger partial charge in [-0.25, -0.2) is 12.7 Å². The summed E-state index contributed by atoms with van der Waals surface area (Å²) in [5.41, 5.74) is 0. The van der Waals surface area contributed by atoms with Gasteiger partial charge in [-0.3, -0.25) is 0 Å². The first kappa shape index (κ1) is 16.2. The van der Waals surface area contributed by atoms with Crippen LogP contribution in [0.5, 0.6) is 0 Å². The summed E-state index contributed by atoms with van der Waals surface area (Å²) in [6.45, 7) is 2.40. The first-order valence-electron chi connectivity index (χ1n) is 5.30. The quantitative estimate of drug-likeness (QED) is 0.735. The lowest BCUT2D eigenvalue weighted by Gasteiger charge is -2.18. The molecule has 1 rings (SSSR count). The van der Waals surface area contributed by atoms with Gasteiger partial charge in [0.2, 0.25) is 10.0 Å². The molecule has 0 aliphatic heterocycles. The maximum absolute atomic E-state index is 12.2. The minimum absolute atomic E-state index is 0.115. The fourth-order valence-electron chi connectivity index (χ4n) is 1.34. The van der Waals surface area contributed by atoms with Crippen LogP contribution in [0.4, 0.5) is 0 Å². The number of rotatable bonds is 5. The zero-order chi connectivity index (χ0) is 13.9. The van der Waals surface area contributed by atoms with Crippen LogP contribution in [0.1, 0.15) is 13.3 Å². The number of hydrogen-bond donors (Lipinski definition) is 0. The van der Waals surface area contributed by atoms with Gasteiger partial charge < -0.3 is 0 Å². The summed E-state index contributed by atoms with van der Waals surface area (Å²) in [5, 5.41) is 0.617. The Morgan fingerprint density at radius 2 is 1.78 bits per heavy atom. The molecule has 0 saturated heterocycles. The van der Waals surface area contributed by atoms with E-state index in [1.165, 1.54) is 22.5 Å². The summed E-state index contributed by atoms with van der Waals surface area (Å²) in [7, 11) is -1.99. The monoisotopic (exact) mass is 373 g/mol. The molecule has 1 unspecified atom stereocenters. The second-order valence-corrected chi connectivity index (χ2v) is 8.48. The molecule has 7 heteroatoms. The van der Waals surface area contributed by atoms with E-state index in [-0.39, 0.29) is 9.72 Å². The molecular formula is C11H14BrCl2NO2S. The molecule has 0 spiro atoms. The van der Waals surface area contributed by atoms with Crippen LogP contribution >= 0.6 is 39.1 Å². The van der Waals surface area contributed by atoms with Crippen LogP contribution in [0.15, 0.2) is 23.1 Å². The third-order valence-corrected chi connectivity index (χ3v) is 5.11. The molecule has 1 atom stereocenters. The zero-order valence-corrected chi connectivity index (χ0v) is 13.9. The molecule has 0 aromatic heterocycles. The lowest BCUT2D eigenvalue weighted by Crippen LogP contribution is -2.29. The van der Waals surface area contributed by atoms with Crippen molar-refractivity contribution in [3.63, 3.8) is 0 Å². The second kappa shape index (κ2) is 6.57. The van der Waals surface area contributed by atoms with E-state index in [0.717, 1.165) is 6.42 Å². The number of halogens is 3. The lowest BCUT2D eigenvalue weighted by atomic mass is 10.3. The van der Waals surface area contributed by atoms with Gasteiger partial charge in [0.05, 0.1) is 4.90 Å². The second-order valence-electron chi connectivity index (χ2n) is 4.00. The Morgan fingerprint density at radius 1 is 1.28 bits per heavy atom. The van der Waals surface area contributed by atoms with Gasteiger partial charge in [0.25, 0.3) is 0 Å². The maximum Gasteiger partial charge on any atom is 0.242 e. The molecule has 0 fully saturated rings. The van der Waals surface area contributed by atoms with Gasteiger partial charge in [-0.05, 0) is 24.6 Å². The average molecular weight is 375 g/mol. The summed E-state index contributed by atoms with van der Waals surface area (Å²) in [6, 6.07) is 4.30. The zero-order valence-electron chi connectivity index (χ0n) is 10.0. The largest absolute Gasteiger partial charge is 0.242 e. The topological polar surface area (TPSA) is 37.4 Å². The fraction of sp³-hybridized carbons (Fsp3) is 0.455. The van der Waals surface area contributed by atoms with E-state index in [1.54, 1.807) is 7.05 Å². The maximum atomic E-state index is 12.2. The number of nitrogens with zero attached hydrogens (tertiary/aromatic N) is 1. The van der Waals surface area contributed by atoms with Gasteiger partial charge in [-0.1, -0.05) is 46.1 Å². The van der Waals surface area contributed by atoms with Gasteiger partial charge in [-0.15, -0.1) is 0 Å². The van der Waals surface area contributed by atoms with Crippen LogP contribution in [-0.4, -0.2) is 31.1 Å². The van der Waals surface area contributed by atoms with Gasteiger partial charge in [0.15, 0.2) is 0 Å². The molecule has 0 aliphatic rings. The van der Waals surface area contributed by atoms with E-state index in [2.05, 4.69) is 15.9 Å². The molecule has 0 bridgehead atoms. The number of sulfonamides is 1. The lowest BCUT2D eigenvalue weighted by molar-refractivity contribution is 0.462. The number of alkyl halides is 1. The molecule has 0 amide bonds. The number of benzene rings is 1. The summed E-state index contributed by atoms with van der Waals surface area (Å²) < 4.78 is 25.8. The molecule has 0 N–H and O–H groups in total. The smallest absolute Gasteiger partial charge is 0.207 e. The van der Waals surface area contributed by atoms with Crippen molar-refractivity contribution in [3.8, 4) is 0 Å². The highest BCUT2D eigenvalue weighted by atomic mass is 79.9. The van der Waals surface area contributed by atoms with Crippen LogP contribution in [0, 0.1) is 0 Å². The summed E-state index contributed by atoms with van der Waals surface area (Å²) in [5.74, 6) is 0. The summed E-state index contributed by atoms with van der Waals surface area (Å²) in [4.78, 5) is 0.378. The molecule has 1 aromatic carbocycles. The predicted molar refractivity (Wildman–Crippen MR) is 79.3 cm³/mol. The highest BCUT2D eigenvalue weighted by Crippen LogP contribution is 2.24. The van der Waals surface area contributed by atoms with Crippen molar-refractivity contribution in [1.82, 2.24) is 4.31 Å². The van der Waals surface area contributed by atoms with E-state index < -0.39 is 10.0 Å². The van der Waals surface area contributed by atoms with Gasteiger partial charge in [0, 0.05) is 28.5 Å². The SMILES string of the molecule is CC(Br)CCN(C)S(=O)(=O)c1cc(Cl)cc(Cl)c1. The molecule has 1 aromatic rings. The normalized spacial score (nSPS) is 13.9. The minimum Gasteiger partial charge on any atom is -0.207 e. The third-order valence-electron chi connectivity index (χ3n) is 2.39. The van der Waals surface area contributed by atoms with Crippen molar-refractivity contribution in [2.45, 2.75) is 23.1 Å². The molecule has 0 aliphatic carbocycles. The Morgan fingerprint density at radius 3 is 2.22 bits per heavy atom. The van der Waals surface area contributed by atoms with Crippen molar-refractivity contribution >= 4 is 49.2 Å². The van der Waals surface area contributed by atoms with Gasteiger partial charge in [0.1, 0.15) is 0 Å². The fourth-order valence-corrected chi connectivity index (χ4v) is 3.45. The van der Waals surface area contributed by atoms with Gasteiger partial charge in [-0.2, -0.15) is 0 Å². The first-order chi connectivity index (χ1) is 8.23. The van der Waals surface area contributed by atoms with Crippen molar-refractivity contribution in [1.29, 1.82) is 0 Å². The summed E-state index contributed by atoms with van der Waals surface area (Å²) in [6.07, 6.45) is 0.726. The van der Waals surface area contributed by atoms with Crippen LogP contribution in [-0.2, 0) is 10.0 Å². The Bertz CT molecular complexity index is 500. The highest BCUT2D eigenvalue weighted by molar-refractivity contribution is 9.09. The van der Waals surface area contributed by atoms with Crippen LogP contribution in [0.2, 0.25) is 10.0 Å². The minimum atomic E-state index is -3.54. The van der Waals surface area contributed by atoms with Crippen molar-refractivity contribution in [3.05, 3.63) is 28.2 Å². The van der Waals surface area contributed by atoms with E-state index in [4.69, 9.17) is 23.2 Å². The van der Waals surface area contributed by atoms with Crippen molar-refractivity contribution < 1.29 is 8.42 Å². The van der Waals surface area contributed by atoms with Crippen molar-refractivity contribution in [2.75, 3.05) is 13.6 Å². The molecule has 102 valence electrons. The molecule has 0 radical (unpaired) electrons. The van der Waals surface area contributed by atoms with E-state index in [9.17, 15) is 8.42 Å². The first-order valence-corrected chi connectivity index (χ1v) is 8.41. The summed E-state index contributed by atoms with van der Waals surface area (Å²) >= 11 is 15.0. The van der Waals surface area contributed by atoms with Crippen molar-refractivity contribution in [2.24, 2.45) is 0 Å². The van der Waals surface area contributed by atoms with Crippen LogP contribution < -0.4 is 0 Å². The highest BCUT2D eigenvalue weighted by Gasteiger charge is 2.21. The third kappa shape index (κ3) is 4.38. The van der Waals surface area contributed by atoms with E-state index in [0.29, 0.717) is 16.6 Å². The molecule has 0 saturated carbocycles. The molecule has 18 heavy (non-hydrogen) atoms.